The number of aliphatic imine (C=N–C) groups is 2. The van der Waals surface area contributed by atoms with Gasteiger partial charge in [0.15, 0.2) is 0 Å². The first-order chi connectivity index (χ1) is 16.1. The van der Waals surface area contributed by atoms with E-state index in [-0.39, 0.29) is 11.7 Å². The highest BCUT2D eigenvalue weighted by molar-refractivity contribution is 8.14. The molecule has 1 heterocycles. The summed E-state index contributed by atoms with van der Waals surface area (Å²) in [5.41, 5.74) is 4.20. The van der Waals surface area contributed by atoms with Gasteiger partial charge in [-0.15, -0.1) is 11.8 Å². The lowest BCUT2D eigenvalue weighted by Gasteiger charge is -2.10. The molecule has 3 aromatic rings. The van der Waals surface area contributed by atoms with Gasteiger partial charge >= 0.3 is 0 Å². The Morgan fingerprint density at radius 2 is 1.73 bits per heavy atom. The number of nitrogens with one attached hydrogen (secondary N) is 1. The Morgan fingerprint density at radius 3 is 2.45 bits per heavy atom. The summed E-state index contributed by atoms with van der Waals surface area (Å²) in [4.78, 5) is 22.2. The zero-order chi connectivity index (χ0) is 23.0. The first-order valence-corrected chi connectivity index (χ1v) is 11.7. The van der Waals surface area contributed by atoms with E-state index in [0.717, 1.165) is 44.9 Å². The lowest BCUT2D eigenvalue weighted by Crippen LogP contribution is -2.16. The molecule has 0 unspecified atom stereocenters. The maximum Gasteiger partial charge on any atom is 0.234 e. The highest BCUT2D eigenvalue weighted by Gasteiger charge is 2.17. The number of carbonyl (C=O) groups excluding carboxylic acids is 1. The van der Waals surface area contributed by atoms with Crippen LogP contribution >= 0.6 is 11.8 Å². The van der Waals surface area contributed by atoms with Crippen LogP contribution in [0.15, 0.2) is 82.8 Å². The Kier molecular flexibility index (Phi) is 7.42. The molecule has 1 aliphatic rings. The van der Waals surface area contributed by atoms with E-state index in [1.807, 2.05) is 79.7 Å². The summed E-state index contributed by atoms with van der Waals surface area (Å²) in [6.45, 7) is 2.54. The fourth-order valence-corrected chi connectivity index (χ4v) is 4.13. The molecule has 0 aromatic heterocycles. The maximum absolute atomic E-state index is 12.6. The predicted molar refractivity (Wildman–Crippen MR) is 136 cm³/mol. The minimum Gasteiger partial charge on any atom is -0.497 e. The van der Waals surface area contributed by atoms with E-state index < -0.39 is 0 Å². The summed E-state index contributed by atoms with van der Waals surface area (Å²) >= 11 is 1.42. The topological polar surface area (TPSA) is 72.3 Å². The van der Waals surface area contributed by atoms with Crippen LogP contribution in [0.2, 0.25) is 0 Å². The minimum absolute atomic E-state index is 0.0933. The summed E-state index contributed by atoms with van der Waals surface area (Å²) in [7, 11) is 1.65. The van der Waals surface area contributed by atoms with Gasteiger partial charge in [0, 0.05) is 17.7 Å². The number of methoxy groups -OCH3 is 1. The van der Waals surface area contributed by atoms with Crippen LogP contribution in [0, 0.1) is 0 Å². The van der Waals surface area contributed by atoms with Crippen molar-refractivity contribution in [3.05, 3.63) is 78.4 Å². The molecule has 0 radical (unpaired) electrons. The van der Waals surface area contributed by atoms with E-state index in [9.17, 15) is 4.79 Å². The lowest BCUT2D eigenvalue weighted by molar-refractivity contribution is -0.113. The van der Waals surface area contributed by atoms with Gasteiger partial charge in [-0.25, -0.2) is 4.99 Å². The van der Waals surface area contributed by atoms with Crippen LogP contribution in [0.1, 0.15) is 18.9 Å². The van der Waals surface area contributed by atoms with Crippen molar-refractivity contribution in [1.29, 1.82) is 0 Å². The van der Waals surface area contributed by atoms with Crippen molar-refractivity contribution in [3.63, 3.8) is 0 Å². The second-order valence-corrected chi connectivity index (χ2v) is 8.30. The summed E-state index contributed by atoms with van der Waals surface area (Å²) in [5, 5.41) is 3.76. The van der Waals surface area contributed by atoms with Crippen LogP contribution in [0.25, 0.3) is 0 Å². The van der Waals surface area contributed by atoms with E-state index in [4.69, 9.17) is 19.5 Å². The molecule has 1 amide bonds. The molecule has 0 saturated heterocycles. The second-order valence-electron chi connectivity index (χ2n) is 7.26. The van der Waals surface area contributed by atoms with E-state index in [0.29, 0.717) is 13.0 Å². The fourth-order valence-electron chi connectivity index (χ4n) is 3.35. The molecular formula is C26H25N3O3S. The maximum atomic E-state index is 12.6. The Labute approximate surface area is 197 Å². The molecule has 1 aliphatic heterocycles. The second kappa shape index (κ2) is 10.8. The first kappa shape index (κ1) is 22.6. The van der Waals surface area contributed by atoms with Crippen molar-refractivity contribution >= 4 is 45.5 Å². The van der Waals surface area contributed by atoms with Gasteiger partial charge in [-0.2, -0.15) is 0 Å². The third kappa shape index (κ3) is 6.02. The van der Waals surface area contributed by atoms with Gasteiger partial charge in [-0.3, -0.25) is 9.79 Å². The highest BCUT2D eigenvalue weighted by Crippen LogP contribution is 2.33. The van der Waals surface area contributed by atoms with Gasteiger partial charge in [0.05, 0.1) is 41.6 Å². The van der Waals surface area contributed by atoms with Gasteiger partial charge in [0.1, 0.15) is 11.5 Å². The molecule has 0 fully saturated rings. The average Bonchev–Trinajstić information content (AvgIpc) is 3.03. The molecule has 3 aromatic carbocycles. The molecule has 0 saturated carbocycles. The molecule has 33 heavy (non-hydrogen) atoms. The van der Waals surface area contributed by atoms with E-state index in [1.165, 1.54) is 11.8 Å². The van der Waals surface area contributed by atoms with E-state index in [1.54, 1.807) is 7.11 Å². The zero-order valence-corrected chi connectivity index (χ0v) is 19.4. The summed E-state index contributed by atoms with van der Waals surface area (Å²) in [6, 6.07) is 23.0. The molecule has 168 valence electrons. The summed E-state index contributed by atoms with van der Waals surface area (Å²) in [6.07, 6.45) is 0.531. The van der Waals surface area contributed by atoms with Crippen molar-refractivity contribution in [1.82, 2.24) is 0 Å². The number of nitrogens with zero attached hydrogens (tertiary/aromatic N) is 2. The monoisotopic (exact) mass is 459 g/mol. The molecule has 4 rings (SSSR count). The predicted octanol–water partition coefficient (Wildman–Crippen LogP) is 6.02. The Balaban J connectivity index is 1.48. The molecule has 0 atom stereocenters. The lowest BCUT2D eigenvalue weighted by atomic mass is 10.1. The molecule has 0 aliphatic carbocycles. The number of thioether (sulfide) groups is 1. The molecule has 1 N–H and O–H groups in total. The number of carbonyl (C=O) groups is 1. The molecular weight excluding hydrogens is 434 g/mol. The number of para-hydroxylation sites is 2. The number of benzene rings is 3. The normalized spacial score (nSPS) is 12.7. The fraction of sp³-hybridized carbons (Fsp3) is 0.192. The van der Waals surface area contributed by atoms with Crippen molar-refractivity contribution in [2.45, 2.75) is 13.3 Å². The van der Waals surface area contributed by atoms with Crippen LogP contribution in [0.3, 0.4) is 0 Å². The van der Waals surface area contributed by atoms with Gasteiger partial charge in [0.2, 0.25) is 5.91 Å². The summed E-state index contributed by atoms with van der Waals surface area (Å²) in [5.74, 6) is 1.71. The van der Waals surface area contributed by atoms with Crippen LogP contribution in [0.4, 0.5) is 17.1 Å². The van der Waals surface area contributed by atoms with Gasteiger partial charge in [-0.05, 0) is 55.5 Å². The van der Waals surface area contributed by atoms with Crippen LogP contribution < -0.4 is 14.8 Å². The number of hydrogen-bond acceptors (Lipinski definition) is 6. The largest absolute Gasteiger partial charge is 0.497 e. The summed E-state index contributed by atoms with van der Waals surface area (Å²) < 4.78 is 10.8. The average molecular weight is 460 g/mol. The van der Waals surface area contributed by atoms with Crippen LogP contribution in [-0.4, -0.2) is 36.1 Å². The molecule has 0 bridgehead atoms. The quantitative estimate of drug-likeness (QED) is 0.469. The Hall–Kier alpha value is -3.58. The molecule has 0 spiro atoms. The first-order valence-electron chi connectivity index (χ1n) is 10.7. The van der Waals surface area contributed by atoms with Crippen LogP contribution in [0.5, 0.6) is 11.5 Å². The number of fused-ring (bicyclic) bond motifs is 1. The number of ether oxygens (including phenoxy) is 2. The van der Waals surface area contributed by atoms with Crippen LogP contribution in [-0.2, 0) is 4.79 Å². The number of anilines is 1. The van der Waals surface area contributed by atoms with Crippen molar-refractivity contribution in [3.8, 4) is 11.5 Å². The standard InChI is InChI=1S/C26H25N3O3S/c1-3-32-20-13-11-19(12-14-20)27-25(30)17-33-26-16-24(18-7-6-8-21(15-18)31-2)28-22-9-4-5-10-23(22)29-26/h4-15H,3,16-17H2,1-2H3,(H,27,30). The zero-order valence-electron chi connectivity index (χ0n) is 18.6. The van der Waals surface area contributed by atoms with Gasteiger partial charge < -0.3 is 14.8 Å². The van der Waals surface area contributed by atoms with Crippen molar-refractivity contribution < 1.29 is 14.3 Å². The Morgan fingerprint density at radius 1 is 0.970 bits per heavy atom. The van der Waals surface area contributed by atoms with Crippen molar-refractivity contribution in [2.75, 3.05) is 24.8 Å². The number of rotatable bonds is 7. The van der Waals surface area contributed by atoms with Gasteiger partial charge in [0.25, 0.3) is 0 Å². The number of amides is 1. The molecule has 7 heteroatoms. The smallest absolute Gasteiger partial charge is 0.234 e. The minimum atomic E-state index is -0.0933. The third-order valence-corrected chi connectivity index (χ3v) is 5.90. The molecule has 6 nitrogen and oxygen atoms in total. The van der Waals surface area contributed by atoms with E-state index in [2.05, 4.69) is 5.32 Å². The Bertz CT molecular complexity index is 1190. The SMILES string of the molecule is CCOc1ccc(NC(=O)CSC2=Nc3ccccc3N=C(c3cccc(OC)c3)C2)cc1. The highest BCUT2D eigenvalue weighted by atomic mass is 32.2. The third-order valence-electron chi connectivity index (χ3n) is 4.92. The number of hydrogen-bond donors (Lipinski definition) is 1. The van der Waals surface area contributed by atoms with E-state index >= 15 is 0 Å². The van der Waals surface area contributed by atoms with Gasteiger partial charge in [-0.1, -0.05) is 24.3 Å². The van der Waals surface area contributed by atoms with Crippen molar-refractivity contribution in [2.24, 2.45) is 9.98 Å².